The van der Waals surface area contributed by atoms with Gasteiger partial charge < -0.3 is 5.73 Å². The number of nitrogens with zero attached hydrogens (tertiary/aromatic N) is 4. The second-order valence-corrected chi connectivity index (χ2v) is 4.61. The van der Waals surface area contributed by atoms with Gasteiger partial charge in [0.15, 0.2) is 11.5 Å². The minimum Gasteiger partial charge on any atom is -0.399 e. The minimum absolute atomic E-state index is 0.785. The lowest BCUT2D eigenvalue weighted by Gasteiger charge is -2.02. The van der Waals surface area contributed by atoms with Crippen molar-refractivity contribution in [3.63, 3.8) is 0 Å². The summed E-state index contributed by atoms with van der Waals surface area (Å²) in [6, 6.07) is 11.8. The van der Waals surface area contributed by atoms with Crippen molar-refractivity contribution in [3.05, 3.63) is 53.5 Å². The summed E-state index contributed by atoms with van der Waals surface area (Å²) in [6.07, 6.45) is 1.67. The summed E-state index contributed by atoms with van der Waals surface area (Å²) >= 11 is 0. The van der Waals surface area contributed by atoms with Crippen molar-refractivity contribution in [2.24, 2.45) is 0 Å². The van der Waals surface area contributed by atoms with Crippen molar-refractivity contribution in [1.82, 2.24) is 19.8 Å². The van der Waals surface area contributed by atoms with Crippen LogP contribution in [-0.4, -0.2) is 19.8 Å². The van der Waals surface area contributed by atoms with E-state index in [2.05, 4.69) is 21.4 Å². The molecule has 1 aromatic carbocycles. The Morgan fingerprint density at radius 3 is 2.84 bits per heavy atom. The van der Waals surface area contributed by atoms with E-state index < -0.39 is 0 Å². The average Bonchev–Trinajstić information content (AvgIpc) is 2.79. The van der Waals surface area contributed by atoms with E-state index >= 15 is 0 Å². The van der Waals surface area contributed by atoms with Gasteiger partial charge in [-0.25, -0.2) is 0 Å². The molecule has 0 aliphatic carbocycles. The van der Waals surface area contributed by atoms with Crippen LogP contribution in [0.5, 0.6) is 0 Å². The maximum atomic E-state index is 5.77. The van der Waals surface area contributed by atoms with E-state index in [9.17, 15) is 0 Å². The highest BCUT2D eigenvalue weighted by molar-refractivity contribution is 5.41. The maximum Gasteiger partial charge on any atom is 0.177 e. The third kappa shape index (κ3) is 2.40. The van der Waals surface area contributed by atoms with Gasteiger partial charge in [-0.2, -0.15) is 9.61 Å². The number of fused-ring (bicyclic) bond motifs is 1. The van der Waals surface area contributed by atoms with Crippen LogP contribution in [0.25, 0.3) is 5.65 Å². The summed E-state index contributed by atoms with van der Waals surface area (Å²) in [5.74, 6) is 0.876. The van der Waals surface area contributed by atoms with Crippen molar-refractivity contribution < 1.29 is 0 Å². The molecular formula is C14H15N5. The Morgan fingerprint density at radius 1 is 1.11 bits per heavy atom. The molecule has 0 saturated carbocycles. The fourth-order valence-corrected chi connectivity index (χ4v) is 2.09. The zero-order valence-corrected chi connectivity index (χ0v) is 10.7. The monoisotopic (exact) mass is 253 g/mol. The second kappa shape index (κ2) is 4.68. The first kappa shape index (κ1) is 11.6. The largest absolute Gasteiger partial charge is 0.399 e. The Kier molecular flexibility index (Phi) is 2.87. The van der Waals surface area contributed by atoms with Crippen molar-refractivity contribution in [2.75, 3.05) is 5.73 Å². The number of aryl methyl sites for hydroxylation is 3. The van der Waals surface area contributed by atoms with Crippen molar-refractivity contribution in [2.45, 2.75) is 19.8 Å². The van der Waals surface area contributed by atoms with E-state index in [0.29, 0.717) is 0 Å². The standard InChI is InChI=1S/C14H15N5/c1-10-5-7-13-16-17-14(19(13)18-10)8-6-11-3-2-4-12(15)9-11/h2-5,7,9H,6,8,15H2,1H3. The molecule has 3 aromatic rings. The number of anilines is 1. The molecule has 0 fully saturated rings. The molecule has 0 amide bonds. The van der Waals surface area contributed by atoms with Gasteiger partial charge in [0.05, 0.1) is 5.69 Å². The molecule has 2 N–H and O–H groups in total. The van der Waals surface area contributed by atoms with Crippen LogP contribution in [-0.2, 0) is 12.8 Å². The minimum atomic E-state index is 0.785. The number of hydrogen-bond donors (Lipinski definition) is 1. The lowest BCUT2D eigenvalue weighted by Crippen LogP contribution is -2.02. The molecular weight excluding hydrogens is 238 g/mol. The molecule has 0 aliphatic heterocycles. The Balaban J connectivity index is 1.84. The van der Waals surface area contributed by atoms with E-state index in [1.807, 2.05) is 41.8 Å². The van der Waals surface area contributed by atoms with Crippen molar-refractivity contribution in [3.8, 4) is 0 Å². The molecule has 0 aliphatic rings. The van der Waals surface area contributed by atoms with E-state index in [4.69, 9.17) is 5.73 Å². The number of rotatable bonds is 3. The van der Waals surface area contributed by atoms with Crippen LogP contribution in [0.15, 0.2) is 36.4 Å². The van der Waals surface area contributed by atoms with Crippen LogP contribution < -0.4 is 5.73 Å². The van der Waals surface area contributed by atoms with Gasteiger partial charge >= 0.3 is 0 Å². The molecule has 0 atom stereocenters. The predicted octanol–water partition coefficient (Wildman–Crippen LogP) is 1.80. The molecule has 2 aromatic heterocycles. The highest BCUT2D eigenvalue weighted by Gasteiger charge is 2.06. The van der Waals surface area contributed by atoms with E-state index in [-0.39, 0.29) is 0 Å². The molecule has 3 rings (SSSR count). The van der Waals surface area contributed by atoms with Gasteiger partial charge in [-0.15, -0.1) is 10.2 Å². The number of benzene rings is 1. The molecule has 0 radical (unpaired) electrons. The Labute approximate surface area is 111 Å². The summed E-state index contributed by atoms with van der Waals surface area (Å²) in [7, 11) is 0. The van der Waals surface area contributed by atoms with Crippen molar-refractivity contribution >= 4 is 11.3 Å². The van der Waals surface area contributed by atoms with Crippen LogP contribution in [0.3, 0.4) is 0 Å². The first-order chi connectivity index (χ1) is 9.22. The Morgan fingerprint density at radius 2 is 2.00 bits per heavy atom. The zero-order valence-electron chi connectivity index (χ0n) is 10.7. The summed E-state index contributed by atoms with van der Waals surface area (Å²) in [5.41, 5.74) is 9.50. The van der Waals surface area contributed by atoms with Gasteiger partial charge in [0.2, 0.25) is 0 Å². The molecule has 0 saturated heterocycles. The maximum absolute atomic E-state index is 5.77. The van der Waals surface area contributed by atoms with E-state index in [1.165, 1.54) is 5.56 Å². The van der Waals surface area contributed by atoms with Gasteiger partial charge in [-0.05, 0) is 43.2 Å². The molecule has 96 valence electrons. The fourth-order valence-electron chi connectivity index (χ4n) is 2.09. The smallest absolute Gasteiger partial charge is 0.177 e. The molecule has 5 nitrogen and oxygen atoms in total. The normalized spacial score (nSPS) is 11.0. The van der Waals surface area contributed by atoms with E-state index in [0.717, 1.165) is 35.7 Å². The predicted molar refractivity (Wildman–Crippen MR) is 73.8 cm³/mol. The summed E-state index contributed by atoms with van der Waals surface area (Å²) in [6.45, 7) is 1.96. The van der Waals surface area contributed by atoms with Gasteiger partial charge in [-0.1, -0.05) is 12.1 Å². The van der Waals surface area contributed by atoms with Crippen LogP contribution in [0.1, 0.15) is 17.1 Å². The van der Waals surface area contributed by atoms with Gasteiger partial charge in [0, 0.05) is 12.1 Å². The number of nitrogen functional groups attached to an aromatic ring is 1. The molecule has 19 heavy (non-hydrogen) atoms. The average molecular weight is 253 g/mol. The fraction of sp³-hybridized carbons (Fsp3) is 0.214. The summed E-state index contributed by atoms with van der Waals surface area (Å²) in [5, 5.41) is 12.7. The summed E-state index contributed by atoms with van der Waals surface area (Å²) in [4.78, 5) is 0. The number of aromatic nitrogens is 4. The van der Waals surface area contributed by atoms with Gasteiger partial charge in [0.25, 0.3) is 0 Å². The van der Waals surface area contributed by atoms with Crippen LogP contribution in [0.4, 0.5) is 5.69 Å². The van der Waals surface area contributed by atoms with E-state index in [1.54, 1.807) is 0 Å². The first-order valence-corrected chi connectivity index (χ1v) is 6.25. The molecule has 5 heteroatoms. The third-order valence-electron chi connectivity index (χ3n) is 3.05. The van der Waals surface area contributed by atoms with Crippen molar-refractivity contribution in [1.29, 1.82) is 0 Å². The molecule has 2 heterocycles. The van der Waals surface area contributed by atoms with Gasteiger partial charge in [0.1, 0.15) is 0 Å². The SMILES string of the molecule is Cc1ccc2nnc(CCc3cccc(N)c3)n2n1. The third-order valence-corrected chi connectivity index (χ3v) is 3.05. The highest BCUT2D eigenvalue weighted by Crippen LogP contribution is 2.10. The van der Waals surface area contributed by atoms with Gasteiger partial charge in [-0.3, -0.25) is 0 Å². The number of nitrogens with two attached hydrogens (primary N) is 1. The molecule has 0 bridgehead atoms. The molecule has 0 unspecified atom stereocenters. The molecule has 0 spiro atoms. The quantitative estimate of drug-likeness (QED) is 0.723. The first-order valence-electron chi connectivity index (χ1n) is 6.25. The lowest BCUT2D eigenvalue weighted by atomic mass is 10.1. The topological polar surface area (TPSA) is 69.1 Å². The lowest BCUT2D eigenvalue weighted by molar-refractivity contribution is 0.774. The van der Waals surface area contributed by atoms with Crippen LogP contribution in [0, 0.1) is 6.92 Å². The number of hydrogen-bond acceptors (Lipinski definition) is 4. The highest BCUT2D eigenvalue weighted by atomic mass is 15.4. The zero-order chi connectivity index (χ0) is 13.2. The van der Waals surface area contributed by atoms with Crippen LogP contribution >= 0.6 is 0 Å². The Bertz CT molecular complexity index is 717. The second-order valence-electron chi connectivity index (χ2n) is 4.61. The summed E-state index contributed by atoms with van der Waals surface area (Å²) < 4.78 is 1.81. The Hall–Kier alpha value is -2.43. The van der Waals surface area contributed by atoms with Crippen LogP contribution in [0.2, 0.25) is 0 Å².